The molecule has 1 aliphatic rings. The van der Waals surface area contributed by atoms with E-state index in [0.29, 0.717) is 11.8 Å². The molecule has 2 aromatic rings. The van der Waals surface area contributed by atoms with Crippen LogP contribution in [0.3, 0.4) is 0 Å². The quantitative estimate of drug-likeness (QED) is 0.664. The first-order chi connectivity index (χ1) is 11.5. The summed E-state index contributed by atoms with van der Waals surface area (Å²) >= 11 is 7.44. The lowest BCUT2D eigenvalue weighted by Crippen LogP contribution is -2.20. The lowest BCUT2D eigenvalue weighted by atomic mass is 9.78. The van der Waals surface area contributed by atoms with Crippen molar-refractivity contribution in [2.45, 2.75) is 45.4 Å². The minimum atomic E-state index is 0.314. The molecule has 3 rings (SSSR count). The second-order valence-electron chi connectivity index (χ2n) is 6.74. The van der Waals surface area contributed by atoms with E-state index in [4.69, 9.17) is 10.7 Å². The van der Waals surface area contributed by atoms with Crippen LogP contribution in [0.25, 0.3) is 0 Å². The van der Waals surface area contributed by atoms with Crippen molar-refractivity contribution in [2.75, 3.05) is 6.54 Å². The van der Waals surface area contributed by atoms with Crippen LogP contribution in [0, 0.1) is 12.8 Å². The highest BCUT2D eigenvalue weighted by Gasteiger charge is 2.32. The Kier molecular flexibility index (Phi) is 5.78. The summed E-state index contributed by atoms with van der Waals surface area (Å²) < 4.78 is 2.28. The number of hydrogen-bond acceptors (Lipinski definition) is 2. The van der Waals surface area contributed by atoms with Crippen molar-refractivity contribution < 1.29 is 0 Å². The van der Waals surface area contributed by atoms with Gasteiger partial charge in [-0.15, -0.1) is 0 Å². The molecule has 0 saturated carbocycles. The summed E-state index contributed by atoms with van der Waals surface area (Å²) in [6, 6.07) is 6.84. The molecule has 128 valence electrons. The zero-order chi connectivity index (χ0) is 17.3. The van der Waals surface area contributed by atoms with Gasteiger partial charge in [0.05, 0.1) is 5.69 Å². The molecule has 2 N–H and O–H groups in total. The Balaban J connectivity index is 2.23. The van der Waals surface area contributed by atoms with Gasteiger partial charge in [0.2, 0.25) is 0 Å². The highest BCUT2D eigenvalue weighted by Crippen LogP contribution is 2.44. The van der Waals surface area contributed by atoms with Crippen LogP contribution in [0.4, 0.5) is 0 Å². The van der Waals surface area contributed by atoms with Crippen LogP contribution >= 0.6 is 31.9 Å². The number of pyridine rings is 1. The summed E-state index contributed by atoms with van der Waals surface area (Å²) in [6.07, 6.45) is 6.18. The van der Waals surface area contributed by atoms with Gasteiger partial charge < -0.3 is 5.73 Å². The van der Waals surface area contributed by atoms with Gasteiger partial charge in [-0.25, -0.2) is 0 Å². The third-order valence-corrected chi connectivity index (χ3v) is 6.22. The van der Waals surface area contributed by atoms with E-state index in [1.165, 1.54) is 32.4 Å². The lowest BCUT2D eigenvalue weighted by Gasteiger charge is -2.29. The molecule has 2 nitrogen and oxygen atoms in total. The van der Waals surface area contributed by atoms with Crippen LogP contribution in [0.2, 0.25) is 0 Å². The van der Waals surface area contributed by atoms with E-state index in [0.717, 1.165) is 36.7 Å². The number of nitrogens with zero attached hydrogens (tertiary/aromatic N) is 1. The van der Waals surface area contributed by atoms with Gasteiger partial charge in [0.25, 0.3) is 0 Å². The van der Waals surface area contributed by atoms with Crippen LogP contribution in [0.5, 0.6) is 0 Å². The molecule has 1 heterocycles. The highest BCUT2D eigenvalue weighted by molar-refractivity contribution is 9.10. The van der Waals surface area contributed by atoms with E-state index in [1.807, 2.05) is 6.20 Å². The van der Waals surface area contributed by atoms with E-state index in [1.54, 1.807) is 0 Å². The van der Waals surface area contributed by atoms with Crippen LogP contribution in [-0.2, 0) is 12.8 Å². The Labute approximate surface area is 161 Å². The molecule has 0 bridgehead atoms. The second-order valence-corrected chi connectivity index (χ2v) is 8.51. The molecule has 0 aliphatic heterocycles. The Hall–Kier alpha value is -0.710. The van der Waals surface area contributed by atoms with Crippen molar-refractivity contribution >= 4 is 31.9 Å². The first kappa shape index (κ1) is 18.1. The van der Waals surface area contributed by atoms with Crippen molar-refractivity contribution in [1.29, 1.82) is 0 Å². The predicted molar refractivity (Wildman–Crippen MR) is 108 cm³/mol. The minimum absolute atomic E-state index is 0.314. The molecular weight excluding hydrogens is 428 g/mol. The first-order valence-electron chi connectivity index (χ1n) is 8.68. The molecule has 1 aliphatic carbocycles. The summed E-state index contributed by atoms with van der Waals surface area (Å²) in [5.41, 5.74) is 12.7. The van der Waals surface area contributed by atoms with Crippen LogP contribution in [0.15, 0.2) is 33.3 Å². The van der Waals surface area contributed by atoms with E-state index < -0.39 is 0 Å². The number of rotatable bonds is 4. The average Bonchev–Trinajstić information content (AvgIpc) is 2.69. The van der Waals surface area contributed by atoms with Crippen LogP contribution in [-0.4, -0.2) is 11.5 Å². The molecule has 0 spiro atoms. The van der Waals surface area contributed by atoms with E-state index in [-0.39, 0.29) is 0 Å². The second kappa shape index (κ2) is 7.67. The van der Waals surface area contributed by atoms with Crippen molar-refractivity contribution in [3.8, 4) is 0 Å². The summed E-state index contributed by atoms with van der Waals surface area (Å²) in [6.45, 7) is 5.16. The Morgan fingerprint density at radius 2 is 1.96 bits per heavy atom. The molecular formula is C20H24Br2N2. The van der Waals surface area contributed by atoms with Crippen molar-refractivity contribution in [3.63, 3.8) is 0 Å². The normalized spacial score (nSPS) is 17.8. The Bertz CT molecular complexity index is 743. The molecule has 4 heteroatoms. The van der Waals surface area contributed by atoms with Gasteiger partial charge >= 0.3 is 0 Å². The minimum Gasteiger partial charge on any atom is -0.330 e. The van der Waals surface area contributed by atoms with E-state index >= 15 is 0 Å². The fraction of sp³-hybridized carbons (Fsp3) is 0.450. The zero-order valence-electron chi connectivity index (χ0n) is 14.3. The van der Waals surface area contributed by atoms with E-state index in [9.17, 15) is 0 Å². The van der Waals surface area contributed by atoms with Crippen molar-refractivity contribution in [1.82, 2.24) is 4.98 Å². The Morgan fingerprint density at radius 3 is 2.67 bits per heavy atom. The van der Waals surface area contributed by atoms with Crippen molar-refractivity contribution in [3.05, 3.63) is 61.3 Å². The summed E-state index contributed by atoms with van der Waals surface area (Å²) in [7, 11) is 0. The van der Waals surface area contributed by atoms with Gasteiger partial charge in [0.1, 0.15) is 0 Å². The lowest BCUT2D eigenvalue weighted by molar-refractivity contribution is 0.418. The van der Waals surface area contributed by atoms with Gasteiger partial charge in [-0.3, -0.25) is 4.98 Å². The topological polar surface area (TPSA) is 38.9 Å². The number of aromatic nitrogens is 1. The Morgan fingerprint density at radius 1 is 1.21 bits per heavy atom. The first-order valence-corrected chi connectivity index (χ1v) is 10.3. The molecule has 1 aromatic carbocycles. The molecule has 2 atom stereocenters. The molecule has 0 radical (unpaired) electrons. The van der Waals surface area contributed by atoms with Gasteiger partial charge in [-0.1, -0.05) is 35.3 Å². The fourth-order valence-electron chi connectivity index (χ4n) is 4.04. The van der Waals surface area contributed by atoms with Gasteiger partial charge in [-0.2, -0.15) is 0 Å². The van der Waals surface area contributed by atoms with Gasteiger partial charge in [0.15, 0.2) is 0 Å². The highest BCUT2D eigenvalue weighted by atomic mass is 79.9. The monoisotopic (exact) mass is 450 g/mol. The third-order valence-electron chi connectivity index (χ3n) is 5.13. The number of nitrogens with two attached hydrogens (primary N) is 1. The maximum Gasteiger partial charge on any atom is 0.0514 e. The smallest absolute Gasteiger partial charge is 0.0514 e. The molecule has 0 saturated heterocycles. The van der Waals surface area contributed by atoms with Gasteiger partial charge in [-0.05, 0) is 89.0 Å². The molecule has 1 aromatic heterocycles. The number of hydrogen-bond donors (Lipinski definition) is 1. The third kappa shape index (κ3) is 3.47. The molecule has 2 unspecified atom stereocenters. The average molecular weight is 452 g/mol. The largest absolute Gasteiger partial charge is 0.330 e. The van der Waals surface area contributed by atoms with E-state index in [2.05, 4.69) is 63.9 Å². The molecule has 0 fully saturated rings. The number of fused-ring (bicyclic) bond motifs is 2. The maximum atomic E-state index is 5.94. The summed E-state index contributed by atoms with van der Waals surface area (Å²) in [5, 5.41) is 0. The summed E-state index contributed by atoms with van der Waals surface area (Å²) in [4.78, 5) is 4.87. The summed E-state index contributed by atoms with van der Waals surface area (Å²) in [5.74, 6) is 0.826. The number of halogens is 2. The number of aryl methyl sites for hydroxylation is 3. The SMILES string of the molecule is CCC(CCN)C1c2ncc(Br)cc2CCc2cc(C)cc(Br)c21. The van der Waals surface area contributed by atoms with Gasteiger partial charge in [0, 0.05) is 21.1 Å². The van der Waals surface area contributed by atoms with Crippen LogP contribution in [0.1, 0.15) is 53.6 Å². The zero-order valence-corrected chi connectivity index (χ0v) is 17.5. The standard InChI is InChI=1S/C20H24Br2N2/c1-3-13(6-7-23)19-18-14(8-12(2)9-17(18)22)4-5-15-10-16(21)11-24-20(15)19/h8-11,13,19H,3-7,23H2,1-2H3. The fourth-order valence-corrected chi connectivity index (χ4v) is 5.28. The van der Waals surface area contributed by atoms with Crippen LogP contribution < -0.4 is 5.73 Å². The molecule has 0 amide bonds. The molecule has 24 heavy (non-hydrogen) atoms. The number of benzene rings is 1. The van der Waals surface area contributed by atoms with Crippen molar-refractivity contribution in [2.24, 2.45) is 11.7 Å². The predicted octanol–water partition coefficient (Wildman–Crippen LogP) is 5.52. The maximum absolute atomic E-state index is 5.94.